The predicted octanol–water partition coefficient (Wildman–Crippen LogP) is 5.08. The highest BCUT2D eigenvalue weighted by molar-refractivity contribution is 14.0. The molecule has 0 aliphatic carbocycles. The first-order valence-electron chi connectivity index (χ1n) is 10.2. The molecule has 2 aromatic carbocycles. The summed E-state index contributed by atoms with van der Waals surface area (Å²) >= 11 is 0. The number of ether oxygens (including phenoxy) is 2. The molecule has 0 radical (unpaired) electrons. The van der Waals surface area contributed by atoms with Crippen molar-refractivity contribution in [2.45, 2.75) is 32.1 Å². The highest BCUT2D eigenvalue weighted by atomic mass is 127. The molecular formula is C23H30F2IN3O2. The fraction of sp³-hybridized carbons (Fsp3) is 0.435. The van der Waals surface area contributed by atoms with Crippen molar-refractivity contribution in [2.24, 2.45) is 10.9 Å². The van der Waals surface area contributed by atoms with Gasteiger partial charge in [0, 0.05) is 39.7 Å². The first-order valence-corrected chi connectivity index (χ1v) is 10.2. The number of nitrogens with one attached hydrogen (secondary N) is 1. The fourth-order valence-electron chi connectivity index (χ4n) is 3.80. The zero-order valence-corrected chi connectivity index (χ0v) is 20.2. The Bertz CT molecular complexity index is 806. The molecule has 1 saturated heterocycles. The molecule has 2 atom stereocenters. The van der Waals surface area contributed by atoms with Crippen LogP contribution in [0.3, 0.4) is 0 Å². The Morgan fingerprint density at radius 3 is 2.55 bits per heavy atom. The summed E-state index contributed by atoms with van der Waals surface area (Å²) in [6.45, 7) is -0.670. The summed E-state index contributed by atoms with van der Waals surface area (Å²) in [4.78, 5) is 6.39. The van der Waals surface area contributed by atoms with Gasteiger partial charge in [-0.2, -0.15) is 8.78 Å². The average Bonchev–Trinajstić information content (AvgIpc) is 2.76. The van der Waals surface area contributed by atoms with E-state index in [-0.39, 0.29) is 35.8 Å². The second-order valence-corrected chi connectivity index (χ2v) is 7.41. The van der Waals surface area contributed by atoms with Crippen LogP contribution in [0.1, 0.15) is 30.1 Å². The third-order valence-electron chi connectivity index (χ3n) is 5.24. The number of guanidine groups is 1. The molecule has 1 fully saturated rings. The molecule has 1 heterocycles. The molecule has 1 aliphatic rings. The van der Waals surface area contributed by atoms with Gasteiger partial charge >= 0.3 is 6.61 Å². The summed E-state index contributed by atoms with van der Waals surface area (Å²) < 4.78 is 35.1. The second kappa shape index (κ2) is 12.8. The van der Waals surface area contributed by atoms with E-state index >= 15 is 0 Å². The summed E-state index contributed by atoms with van der Waals surface area (Å²) in [6, 6.07) is 17.0. The number of nitrogens with zero attached hydrogens (tertiary/aromatic N) is 2. The van der Waals surface area contributed by atoms with E-state index in [0.717, 1.165) is 37.5 Å². The fourth-order valence-corrected chi connectivity index (χ4v) is 3.80. The van der Waals surface area contributed by atoms with Crippen LogP contribution in [-0.2, 0) is 11.3 Å². The number of halogens is 3. The number of hydrogen-bond acceptors (Lipinski definition) is 3. The van der Waals surface area contributed by atoms with Crippen LogP contribution in [0.5, 0.6) is 5.75 Å². The van der Waals surface area contributed by atoms with E-state index in [9.17, 15) is 8.78 Å². The van der Waals surface area contributed by atoms with Crippen LogP contribution in [0.15, 0.2) is 59.6 Å². The Hall–Kier alpha value is -1.94. The Morgan fingerprint density at radius 1 is 1.19 bits per heavy atom. The van der Waals surface area contributed by atoms with Crippen molar-refractivity contribution < 1.29 is 18.3 Å². The van der Waals surface area contributed by atoms with Gasteiger partial charge in [0.25, 0.3) is 0 Å². The molecule has 0 bridgehead atoms. The van der Waals surface area contributed by atoms with Crippen molar-refractivity contribution in [1.82, 2.24) is 10.2 Å². The number of benzene rings is 2. The Labute approximate surface area is 199 Å². The van der Waals surface area contributed by atoms with Crippen LogP contribution >= 0.6 is 24.0 Å². The third kappa shape index (κ3) is 7.60. The van der Waals surface area contributed by atoms with Crippen LogP contribution < -0.4 is 10.1 Å². The van der Waals surface area contributed by atoms with E-state index < -0.39 is 6.61 Å². The van der Waals surface area contributed by atoms with Gasteiger partial charge in [-0.05, 0) is 36.1 Å². The van der Waals surface area contributed by atoms with E-state index in [1.807, 2.05) is 30.1 Å². The maximum Gasteiger partial charge on any atom is 0.387 e. The summed E-state index contributed by atoms with van der Waals surface area (Å²) in [5.74, 6) is 1.29. The van der Waals surface area contributed by atoms with Crippen molar-refractivity contribution in [3.05, 3.63) is 65.7 Å². The van der Waals surface area contributed by atoms with E-state index in [1.54, 1.807) is 31.3 Å². The summed E-state index contributed by atoms with van der Waals surface area (Å²) in [7, 11) is 3.70. The Kier molecular flexibility index (Phi) is 10.5. The average molecular weight is 545 g/mol. The Balaban J connectivity index is 0.00000341. The van der Waals surface area contributed by atoms with Crippen molar-refractivity contribution >= 4 is 29.9 Å². The molecule has 1 aliphatic heterocycles. The molecule has 8 heteroatoms. The molecule has 0 aromatic heterocycles. The molecule has 0 saturated carbocycles. The molecule has 3 rings (SSSR count). The van der Waals surface area contributed by atoms with Gasteiger partial charge in [-0.15, -0.1) is 24.0 Å². The van der Waals surface area contributed by atoms with Gasteiger partial charge < -0.3 is 19.7 Å². The maximum absolute atomic E-state index is 12.3. The smallest absolute Gasteiger partial charge is 0.387 e. The van der Waals surface area contributed by atoms with E-state index in [2.05, 4.69) is 27.2 Å². The van der Waals surface area contributed by atoms with Gasteiger partial charge in [0.1, 0.15) is 5.75 Å². The lowest BCUT2D eigenvalue weighted by atomic mass is 9.89. The summed E-state index contributed by atoms with van der Waals surface area (Å²) in [5, 5.41) is 3.47. The van der Waals surface area contributed by atoms with Crippen molar-refractivity contribution in [2.75, 3.05) is 27.2 Å². The molecule has 1 N–H and O–H groups in total. The topological polar surface area (TPSA) is 46.1 Å². The highest BCUT2D eigenvalue weighted by Crippen LogP contribution is 2.33. The summed E-state index contributed by atoms with van der Waals surface area (Å²) in [5.41, 5.74) is 2.18. The first-order chi connectivity index (χ1) is 14.6. The van der Waals surface area contributed by atoms with Gasteiger partial charge in [0.05, 0.1) is 6.10 Å². The highest BCUT2D eigenvalue weighted by Gasteiger charge is 2.27. The minimum Gasteiger partial charge on any atom is -0.435 e. The molecule has 0 amide bonds. The Morgan fingerprint density at radius 2 is 1.90 bits per heavy atom. The molecular weight excluding hydrogens is 515 g/mol. The predicted molar refractivity (Wildman–Crippen MR) is 129 cm³/mol. The van der Waals surface area contributed by atoms with Crippen molar-refractivity contribution in [3.63, 3.8) is 0 Å². The third-order valence-corrected chi connectivity index (χ3v) is 5.24. The standard InChI is InChI=1S/C23H29F2N3O2.HI/c1-26-23(28(2)16-17-10-12-20(13-11-17)30-22(24)25)27-15-19-9-6-14-29-21(19)18-7-4-3-5-8-18;/h3-5,7-8,10-13,19,21-22H,6,9,14-16H2,1-2H3,(H,26,27);1H. The van der Waals surface area contributed by atoms with Gasteiger partial charge in [-0.25, -0.2) is 0 Å². The quantitative estimate of drug-likeness (QED) is 0.300. The first kappa shape index (κ1) is 25.3. The molecule has 5 nitrogen and oxygen atoms in total. The number of aliphatic imine (C=N–C) groups is 1. The zero-order chi connectivity index (χ0) is 21.3. The van der Waals surface area contributed by atoms with Crippen LogP contribution in [0.4, 0.5) is 8.78 Å². The molecule has 2 aromatic rings. The summed E-state index contributed by atoms with van der Waals surface area (Å²) in [6.07, 6.45) is 2.23. The van der Waals surface area contributed by atoms with Crippen LogP contribution in [0.25, 0.3) is 0 Å². The van der Waals surface area contributed by atoms with Crippen molar-refractivity contribution in [1.29, 1.82) is 0 Å². The lowest BCUT2D eigenvalue weighted by Crippen LogP contribution is -2.42. The van der Waals surface area contributed by atoms with Gasteiger partial charge in [-0.3, -0.25) is 4.99 Å². The lowest BCUT2D eigenvalue weighted by molar-refractivity contribution is -0.0498. The molecule has 2 unspecified atom stereocenters. The normalized spacial score (nSPS) is 18.9. The molecule has 31 heavy (non-hydrogen) atoms. The maximum atomic E-state index is 12.3. The largest absolute Gasteiger partial charge is 0.435 e. The minimum absolute atomic E-state index is 0. The van der Waals surface area contributed by atoms with Crippen LogP contribution in [0.2, 0.25) is 0 Å². The van der Waals surface area contributed by atoms with E-state index in [1.165, 1.54) is 5.56 Å². The van der Waals surface area contributed by atoms with E-state index in [4.69, 9.17) is 4.74 Å². The molecule has 170 valence electrons. The number of hydrogen-bond donors (Lipinski definition) is 1. The lowest BCUT2D eigenvalue weighted by Gasteiger charge is -2.33. The number of alkyl halides is 2. The zero-order valence-electron chi connectivity index (χ0n) is 17.8. The molecule has 0 spiro atoms. The second-order valence-electron chi connectivity index (χ2n) is 7.41. The van der Waals surface area contributed by atoms with Crippen LogP contribution in [-0.4, -0.2) is 44.7 Å². The van der Waals surface area contributed by atoms with Crippen molar-refractivity contribution in [3.8, 4) is 5.75 Å². The van der Waals surface area contributed by atoms with Crippen LogP contribution in [0, 0.1) is 5.92 Å². The van der Waals surface area contributed by atoms with Gasteiger partial charge in [-0.1, -0.05) is 42.5 Å². The van der Waals surface area contributed by atoms with E-state index in [0.29, 0.717) is 12.5 Å². The van der Waals surface area contributed by atoms with Gasteiger partial charge in [0.2, 0.25) is 0 Å². The number of rotatable bonds is 7. The SMILES string of the molecule is CN=C(NCC1CCCOC1c1ccccc1)N(C)Cc1ccc(OC(F)F)cc1.I. The minimum atomic E-state index is -2.81. The van der Waals surface area contributed by atoms with Gasteiger partial charge in [0.15, 0.2) is 5.96 Å². The monoisotopic (exact) mass is 545 g/mol.